The second kappa shape index (κ2) is 7.33. The van der Waals surface area contributed by atoms with Crippen LogP contribution in [-0.4, -0.2) is 17.8 Å². The van der Waals surface area contributed by atoms with Gasteiger partial charge in [-0.25, -0.2) is 0 Å². The van der Waals surface area contributed by atoms with Crippen LogP contribution in [0.1, 0.15) is 37.4 Å². The van der Waals surface area contributed by atoms with E-state index in [0.717, 1.165) is 34.7 Å². The molecule has 2 N–H and O–H groups in total. The van der Waals surface area contributed by atoms with Gasteiger partial charge in [0.2, 0.25) is 0 Å². The Bertz CT molecular complexity index is 839. The van der Waals surface area contributed by atoms with Crippen molar-refractivity contribution in [2.75, 3.05) is 12.4 Å². The largest absolute Gasteiger partial charge is 0.497 e. The molecule has 0 fully saturated rings. The summed E-state index contributed by atoms with van der Waals surface area (Å²) in [5.74, 6) is 1.59. The van der Waals surface area contributed by atoms with Crippen LogP contribution in [0.4, 0.5) is 5.69 Å². The molecule has 1 heterocycles. The Hall–Kier alpha value is -1.98. The topological polar surface area (TPSA) is 42.5 Å². The lowest BCUT2D eigenvalue weighted by Gasteiger charge is -2.38. The molecule has 3 rings (SSSR count). The van der Waals surface area contributed by atoms with Crippen LogP contribution in [-0.2, 0) is 0 Å². The van der Waals surface area contributed by atoms with E-state index in [-0.39, 0.29) is 11.6 Å². The molecule has 4 nitrogen and oxygen atoms in total. The Morgan fingerprint density at radius 1 is 1.27 bits per heavy atom. The molecule has 0 amide bonds. The van der Waals surface area contributed by atoms with Gasteiger partial charge in [0.1, 0.15) is 17.1 Å². The normalized spacial score (nSPS) is 17.7. The zero-order chi connectivity index (χ0) is 18.9. The molecule has 1 atom stereocenters. The second-order valence-corrected chi connectivity index (χ2v) is 7.90. The van der Waals surface area contributed by atoms with E-state index >= 15 is 0 Å². The maximum absolute atomic E-state index is 6.19. The highest BCUT2D eigenvalue weighted by molar-refractivity contribution is 7.80. The minimum absolute atomic E-state index is 0.0422. The predicted molar refractivity (Wildman–Crippen MR) is 111 cm³/mol. The summed E-state index contributed by atoms with van der Waals surface area (Å²) in [5, 5.41) is 7.88. The van der Waals surface area contributed by atoms with Crippen molar-refractivity contribution in [2.24, 2.45) is 0 Å². The van der Waals surface area contributed by atoms with Crippen molar-refractivity contribution >= 4 is 34.6 Å². The molecule has 26 heavy (non-hydrogen) atoms. The van der Waals surface area contributed by atoms with Gasteiger partial charge in [0.05, 0.1) is 13.2 Å². The Balaban J connectivity index is 1.78. The molecular weight excluding hydrogens is 368 g/mol. The highest BCUT2D eigenvalue weighted by Gasteiger charge is 2.34. The van der Waals surface area contributed by atoms with Gasteiger partial charge in [-0.1, -0.05) is 17.7 Å². The average Bonchev–Trinajstić information content (AvgIpc) is 2.56. The van der Waals surface area contributed by atoms with Gasteiger partial charge in [0.15, 0.2) is 5.11 Å². The third-order valence-corrected chi connectivity index (χ3v) is 5.04. The lowest BCUT2D eigenvalue weighted by atomic mass is 9.89. The van der Waals surface area contributed by atoms with Gasteiger partial charge in [0, 0.05) is 28.8 Å². The van der Waals surface area contributed by atoms with Crippen LogP contribution in [0, 0.1) is 6.92 Å². The lowest BCUT2D eigenvalue weighted by molar-refractivity contribution is 0.0693. The Labute approximate surface area is 164 Å². The standard InChI is InChI=1S/C20H23ClN2O2S/c1-12-5-6-13(9-16(12)21)22-19(26)23-17-11-20(2,3)25-18-10-14(24-4)7-8-15(17)18/h5-10,17H,11H2,1-4H3,(H2,22,23,26)/t17-/m1/s1. The number of ether oxygens (including phenoxy) is 2. The first-order valence-corrected chi connectivity index (χ1v) is 9.27. The molecule has 1 aliphatic heterocycles. The van der Waals surface area contributed by atoms with E-state index in [2.05, 4.69) is 24.5 Å². The van der Waals surface area contributed by atoms with E-state index in [9.17, 15) is 0 Å². The van der Waals surface area contributed by atoms with Gasteiger partial charge >= 0.3 is 0 Å². The van der Waals surface area contributed by atoms with Crippen LogP contribution in [0.5, 0.6) is 11.5 Å². The summed E-state index contributed by atoms with van der Waals surface area (Å²) in [6.07, 6.45) is 0.794. The van der Waals surface area contributed by atoms with Crippen molar-refractivity contribution in [3.05, 3.63) is 52.5 Å². The molecule has 0 saturated heterocycles. The van der Waals surface area contributed by atoms with E-state index in [1.54, 1.807) is 7.11 Å². The van der Waals surface area contributed by atoms with E-state index < -0.39 is 0 Å². The molecule has 138 valence electrons. The van der Waals surface area contributed by atoms with Crippen LogP contribution in [0.15, 0.2) is 36.4 Å². The maximum Gasteiger partial charge on any atom is 0.171 e. The number of aryl methyl sites for hydroxylation is 1. The molecule has 2 aromatic carbocycles. The van der Waals surface area contributed by atoms with Crippen molar-refractivity contribution in [3.8, 4) is 11.5 Å². The lowest BCUT2D eigenvalue weighted by Crippen LogP contribution is -2.42. The Kier molecular flexibility index (Phi) is 5.30. The molecule has 2 aromatic rings. The van der Waals surface area contributed by atoms with Gasteiger partial charge in [-0.15, -0.1) is 0 Å². The monoisotopic (exact) mass is 390 g/mol. The summed E-state index contributed by atoms with van der Waals surface area (Å²) in [4.78, 5) is 0. The number of fused-ring (bicyclic) bond motifs is 1. The number of benzene rings is 2. The predicted octanol–water partition coefficient (Wildman–Crippen LogP) is 5.25. The van der Waals surface area contributed by atoms with Gasteiger partial charge in [0.25, 0.3) is 0 Å². The first kappa shape index (κ1) is 18.8. The van der Waals surface area contributed by atoms with Crippen molar-refractivity contribution in [1.82, 2.24) is 5.32 Å². The number of thiocarbonyl (C=S) groups is 1. The van der Waals surface area contributed by atoms with Crippen LogP contribution >= 0.6 is 23.8 Å². The van der Waals surface area contributed by atoms with Crippen LogP contribution in [0.25, 0.3) is 0 Å². The van der Waals surface area contributed by atoms with Crippen molar-refractivity contribution in [3.63, 3.8) is 0 Å². The number of hydrogen-bond donors (Lipinski definition) is 2. The van der Waals surface area contributed by atoms with Gasteiger partial charge < -0.3 is 20.1 Å². The highest BCUT2D eigenvalue weighted by Crippen LogP contribution is 2.41. The van der Waals surface area contributed by atoms with Crippen molar-refractivity contribution < 1.29 is 9.47 Å². The van der Waals surface area contributed by atoms with Gasteiger partial charge in [-0.3, -0.25) is 0 Å². The number of halogens is 1. The third-order valence-electron chi connectivity index (χ3n) is 4.41. The zero-order valence-electron chi connectivity index (χ0n) is 15.4. The third kappa shape index (κ3) is 4.22. The molecule has 0 saturated carbocycles. The van der Waals surface area contributed by atoms with Crippen molar-refractivity contribution in [1.29, 1.82) is 0 Å². The smallest absolute Gasteiger partial charge is 0.171 e. The number of methoxy groups -OCH3 is 1. The van der Waals surface area contributed by atoms with E-state index in [1.165, 1.54) is 0 Å². The molecule has 0 aliphatic carbocycles. The molecule has 1 aliphatic rings. The van der Waals surface area contributed by atoms with Crippen LogP contribution in [0.2, 0.25) is 5.02 Å². The van der Waals surface area contributed by atoms with Gasteiger partial charge in [-0.05, 0) is 62.8 Å². The number of nitrogens with one attached hydrogen (secondary N) is 2. The zero-order valence-corrected chi connectivity index (χ0v) is 16.9. The fraction of sp³-hybridized carbons (Fsp3) is 0.350. The van der Waals surface area contributed by atoms with E-state index in [1.807, 2.05) is 43.3 Å². The average molecular weight is 391 g/mol. The molecule has 0 aromatic heterocycles. The molecule has 0 radical (unpaired) electrons. The van der Waals surface area contributed by atoms with Crippen LogP contribution in [0.3, 0.4) is 0 Å². The Morgan fingerprint density at radius 3 is 2.73 bits per heavy atom. The molecule has 0 unspecified atom stereocenters. The van der Waals surface area contributed by atoms with E-state index in [0.29, 0.717) is 10.1 Å². The van der Waals surface area contributed by atoms with Crippen LogP contribution < -0.4 is 20.1 Å². The fourth-order valence-corrected chi connectivity index (χ4v) is 3.52. The fourth-order valence-electron chi connectivity index (χ4n) is 3.08. The quantitative estimate of drug-likeness (QED) is 0.701. The van der Waals surface area contributed by atoms with E-state index in [4.69, 9.17) is 33.3 Å². The minimum atomic E-state index is -0.306. The Morgan fingerprint density at radius 2 is 2.04 bits per heavy atom. The summed E-state index contributed by atoms with van der Waals surface area (Å²) in [7, 11) is 1.65. The second-order valence-electron chi connectivity index (χ2n) is 7.08. The molecule has 6 heteroatoms. The number of rotatable bonds is 3. The molecule has 0 spiro atoms. The summed E-state index contributed by atoms with van der Waals surface area (Å²) in [5.41, 5.74) is 2.65. The summed E-state index contributed by atoms with van der Waals surface area (Å²) in [6.45, 7) is 6.11. The first-order valence-electron chi connectivity index (χ1n) is 8.48. The SMILES string of the molecule is COc1ccc2c(c1)OC(C)(C)C[C@H]2NC(=S)Nc1ccc(C)c(Cl)c1. The molecule has 0 bridgehead atoms. The highest BCUT2D eigenvalue weighted by atomic mass is 35.5. The summed E-state index contributed by atoms with van der Waals surface area (Å²) < 4.78 is 11.4. The molecular formula is C20H23ClN2O2S. The maximum atomic E-state index is 6.19. The summed E-state index contributed by atoms with van der Waals surface area (Å²) in [6, 6.07) is 11.7. The van der Waals surface area contributed by atoms with Crippen molar-refractivity contribution in [2.45, 2.75) is 38.8 Å². The number of anilines is 1. The van der Waals surface area contributed by atoms with Gasteiger partial charge in [-0.2, -0.15) is 0 Å². The minimum Gasteiger partial charge on any atom is -0.497 e. The number of hydrogen-bond acceptors (Lipinski definition) is 3. The first-order chi connectivity index (χ1) is 12.3. The summed E-state index contributed by atoms with van der Waals surface area (Å²) >= 11 is 11.7.